The molecule has 2 N–H and O–H groups in total. The van der Waals surface area contributed by atoms with E-state index in [1.807, 2.05) is 0 Å². The molecule has 2 rings (SSSR count). The minimum atomic E-state index is -1.21. The predicted molar refractivity (Wildman–Crippen MR) is 65.4 cm³/mol. The average Bonchev–Trinajstić information content (AvgIpc) is 2.38. The minimum Gasteiger partial charge on any atom is -0.476 e. The molecule has 0 amide bonds. The van der Waals surface area contributed by atoms with Crippen LogP contribution in [0.4, 0.5) is 0 Å². The Balaban J connectivity index is 2.47. The summed E-state index contributed by atoms with van der Waals surface area (Å²) in [7, 11) is 0. The molecule has 92 valence electrons. The number of halogens is 1. The normalized spacial score (nSPS) is 10.3. The molecule has 18 heavy (non-hydrogen) atoms. The third kappa shape index (κ3) is 2.47. The molecule has 5 nitrogen and oxygen atoms in total. The first kappa shape index (κ1) is 12.5. The molecule has 1 aromatic carbocycles. The van der Waals surface area contributed by atoms with E-state index in [4.69, 9.17) is 21.8 Å². The summed E-state index contributed by atoms with van der Waals surface area (Å²) in [5, 5.41) is 18.6. The lowest BCUT2D eigenvalue weighted by Gasteiger charge is -2.05. The van der Waals surface area contributed by atoms with Gasteiger partial charge < -0.3 is 10.2 Å². The third-order valence-corrected chi connectivity index (χ3v) is 2.59. The van der Waals surface area contributed by atoms with E-state index >= 15 is 0 Å². The molecule has 2 aromatic rings. The maximum atomic E-state index is 10.8. The molecule has 0 aliphatic carbocycles. The zero-order chi connectivity index (χ0) is 13.1. The van der Waals surface area contributed by atoms with Crippen LogP contribution in [0, 0.1) is 0 Å². The predicted octanol–water partition coefficient (Wildman–Crippen LogP) is 1.99. The number of aromatic nitrogens is 2. The van der Waals surface area contributed by atoms with Crippen molar-refractivity contribution >= 4 is 17.6 Å². The smallest absolute Gasteiger partial charge is 0.356 e. The van der Waals surface area contributed by atoms with Crippen LogP contribution in [0.15, 0.2) is 30.5 Å². The third-order valence-electron chi connectivity index (χ3n) is 2.34. The summed E-state index contributed by atoms with van der Waals surface area (Å²) in [5.74, 6) is -1.21. The Morgan fingerprint density at radius 1 is 1.28 bits per heavy atom. The quantitative estimate of drug-likeness (QED) is 0.886. The van der Waals surface area contributed by atoms with Crippen molar-refractivity contribution in [2.24, 2.45) is 0 Å². The van der Waals surface area contributed by atoms with Gasteiger partial charge in [0.1, 0.15) is 0 Å². The van der Waals surface area contributed by atoms with Crippen LogP contribution < -0.4 is 0 Å². The average molecular weight is 265 g/mol. The van der Waals surface area contributed by atoms with Gasteiger partial charge in [-0.1, -0.05) is 23.7 Å². The molecule has 0 saturated carbocycles. The lowest BCUT2D eigenvalue weighted by molar-refractivity contribution is 0.0685. The van der Waals surface area contributed by atoms with E-state index in [9.17, 15) is 4.79 Å². The number of aromatic carboxylic acids is 1. The SMILES string of the molecule is O=C(O)c1ncc(-c2ccc(Cl)cc2)nc1CO. The highest BCUT2D eigenvalue weighted by molar-refractivity contribution is 6.30. The first-order valence-corrected chi connectivity index (χ1v) is 5.45. The van der Waals surface area contributed by atoms with Gasteiger partial charge >= 0.3 is 5.97 Å². The van der Waals surface area contributed by atoms with E-state index in [0.29, 0.717) is 10.7 Å². The van der Waals surface area contributed by atoms with Gasteiger partial charge in [-0.05, 0) is 12.1 Å². The van der Waals surface area contributed by atoms with Gasteiger partial charge in [-0.3, -0.25) is 0 Å². The van der Waals surface area contributed by atoms with E-state index in [1.54, 1.807) is 24.3 Å². The molecule has 6 heteroatoms. The molecule has 0 aliphatic rings. The van der Waals surface area contributed by atoms with E-state index in [0.717, 1.165) is 5.56 Å². The van der Waals surface area contributed by atoms with Gasteiger partial charge in [0.05, 0.1) is 24.2 Å². The van der Waals surface area contributed by atoms with Crippen LogP contribution in [0.3, 0.4) is 0 Å². The topological polar surface area (TPSA) is 83.3 Å². The molecular formula is C12H9ClN2O3. The van der Waals surface area contributed by atoms with Crippen LogP contribution in [-0.4, -0.2) is 26.2 Å². The van der Waals surface area contributed by atoms with Gasteiger partial charge in [0, 0.05) is 10.6 Å². The summed E-state index contributed by atoms with van der Waals surface area (Å²) >= 11 is 5.77. The standard InChI is InChI=1S/C12H9ClN2O3/c13-8-3-1-7(2-4-8)9-5-14-11(12(17)18)10(6-16)15-9/h1-5,16H,6H2,(H,17,18). The van der Waals surface area contributed by atoms with Crippen molar-refractivity contribution in [1.29, 1.82) is 0 Å². The summed E-state index contributed by atoms with van der Waals surface area (Å²) in [6.45, 7) is -0.476. The molecule has 0 spiro atoms. The van der Waals surface area contributed by atoms with Crippen molar-refractivity contribution in [3.05, 3.63) is 46.9 Å². The Bertz CT molecular complexity index is 584. The van der Waals surface area contributed by atoms with Gasteiger partial charge in [0.25, 0.3) is 0 Å². The van der Waals surface area contributed by atoms with Crippen molar-refractivity contribution in [3.8, 4) is 11.3 Å². The van der Waals surface area contributed by atoms with E-state index < -0.39 is 12.6 Å². The van der Waals surface area contributed by atoms with E-state index in [-0.39, 0.29) is 11.4 Å². The number of rotatable bonds is 3. The molecule has 0 bridgehead atoms. The molecule has 0 fully saturated rings. The number of carboxylic acids is 1. The molecule has 0 unspecified atom stereocenters. The molecule has 1 aromatic heterocycles. The summed E-state index contributed by atoms with van der Waals surface area (Å²) in [6.07, 6.45) is 1.35. The Labute approximate surface area is 108 Å². The fraction of sp³-hybridized carbons (Fsp3) is 0.0833. The van der Waals surface area contributed by atoms with Crippen LogP contribution in [0.1, 0.15) is 16.2 Å². The maximum Gasteiger partial charge on any atom is 0.356 e. The highest BCUT2D eigenvalue weighted by Gasteiger charge is 2.14. The summed E-state index contributed by atoms with van der Waals surface area (Å²) in [6, 6.07) is 6.88. The summed E-state index contributed by atoms with van der Waals surface area (Å²) in [4.78, 5) is 18.7. The minimum absolute atomic E-state index is 0.0370. The maximum absolute atomic E-state index is 10.8. The first-order chi connectivity index (χ1) is 8.61. The Kier molecular flexibility index (Phi) is 3.55. The number of aliphatic hydroxyl groups excluding tert-OH is 1. The highest BCUT2D eigenvalue weighted by Crippen LogP contribution is 2.20. The fourth-order valence-electron chi connectivity index (χ4n) is 1.48. The van der Waals surface area contributed by atoms with Crippen molar-refractivity contribution in [2.45, 2.75) is 6.61 Å². The Morgan fingerprint density at radius 2 is 1.94 bits per heavy atom. The molecule has 0 atom stereocenters. The second-order valence-corrected chi connectivity index (χ2v) is 3.96. The lowest BCUT2D eigenvalue weighted by atomic mass is 10.1. The molecular weight excluding hydrogens is 256 g/mol. The number of benzene rings is 1. The summed E-state index contributed by atoms with van der Waals surface area (Å²) in [5.41, 5.74) is 1.03. The van der Waals surface area contributed by atoms with Crippen LogP contribution >= 0.6 is 11.6 Å². The van der Waals surface area contributed by atoms with E-state index in [2.05, 4.69) is 9.97 Å². The van der Waals surface area contributed by atoms with Crippen LogP contribution in [0.5, 0.6) is 0 Å². The van der Waals surface area contributed by atoms with E-state index in [1.165, 1.54) is 6.20 Å². The largest absolute Gasteiger partial charge is 0.476 e. The van der Waals surface area contributed by atoms with Crippen LogP contribution in [-0.2, 0) is 6.61 Å². The molecule has 0 saturated heterocycles. The van der Waals surface area contributed by atoms with Crippen molar-refractivity contribution < 1.29 is 15.0 Å². The highest BCUT2D eigenvalue weighted by atomic mass is 35.5. The number of carbonyl (C=O) groups is 1. The van der Waals surface area contributed by atoms with Gasteiger partial charge in [-0.2, -0.15) is 0 Å². The van der Waals surface area contributed by atoms with Gasteiger partial charge in [0.15, 0.2) is 5.69 Å². The second kappa shape index (κ2) is 5.12. The number of hydrogen-bond donors (Lipinski definition) is 2. The number of carboxylic acid groups (broad SMARTS) is 1. The van der Waals surface area contributed by atoms with Gasteiger partial charge in [0.2, 0.25) is 0 Å². The van der Waals surface area contributed by atoms with Gasteiger partial charge in [-0.25, -0.2) is 14.8 Å². The first-order valence-electron chi connectivity index (χ1n) is 5.08. The molecule has 1 heterocycles. The monoisotopic (exact) mass is 264 g/mol. The zero-order valence-electron chi connectivity index (χ0n) is 9.17. The van der Waals surface area contributed by atoms with Gasteiger partial charge in [-0.15, -0.1) is 0 Å². The van der Waals surface area contributed by atoms with Crippen molar-refractivity contribution in [3.63, 3.8) is 0 Å². The number of aliphatic hydroxyl groups is 1. The number of nitrogens with zero attached hydrogens (tertiary/aromatic N) is 2. The number of hydrogen-bond acceptors (Lipinski definition) is 4. The van der Waals surface area contributed by atoms with Crippen molar-refractivity contribution in [1.82, 2.24) is 9.97 Å². The fourth-order valence-corrected chi connectivity index (χ4v) is 1.60. The second-order valence-electron chi connectivity index (χ2n) is 3.52. The zero-order valence-corrected chi connectivity index (χ0v) is 9.92. The van der Waals surface area contributed by atoms with Crippen LogP contribution in [0.2, 0.25) is 5.02 Å². The lowest BCUT2D eigenvalue weighted by Crippen LogP contribution is -2.08. The molecule has 0 aliphatic heterocycles. The van der Waals surface area contributed by atoms with Crippen molar-refractivity contribution in [2.75, 3.05) is 0 Å². The Hall–Kier alpha value is -1.98. The summed E-state index contributed by atoms with van der Waals surface area (Å²) < 4.78 is 0. The molecule has 0 radical (unpaired) electrons. The Morgan fingerprint density at radius 3 is 2.50 bits per heavy atom. The van der Waals surface area contributed by atoms with Crippen LogP contribution in [0.25, 0.3) is 11.3 Å².